The van der Waals surface area contributed by atoms with E-state index in [1.54, 1.807) is 0 Å². The van der Waals surface area contributed by atoms with Crippen molar-refractivity contribution in [2.75, 3.05) is 6.66 Å². The molecule has 3 heteroatoms. The van der Waals surface area contributed by atoms with E-state index >= 15 is 0 Å². The third-order valence-corrected chi connectivity index (χ3v) is 2.38. The second-order valence-electron chi connectivity index (χ2n) is 2.01. The molecule has 1 aromatic rings. The lowest BCUT2D eigenvalue weighted by molar-refractivity contribution is -0.266. The Hall–Kier alpha value is -0.750. The minimum atomic E-state index is 0. The van der Waals surface area contributed by atoms with E-state index in [1.165, 1.54) is 18.2 Å². The van der Waals surface area contributed by atoms with Crippen molar-refractivity contribution in [3.8, 4) is 11.5 Å². The van der Waals surface area contributed by atoms with Gasteiger partial charge in [0, 0.05) is 21.3 Å². The van der Waals surface area contributed by atoms with Crippen molar-refractivity contribution >= 4 is 13.9 Å². The van der Waals surface area contributed by atoms with Crippen LogP contribution in [0.3, 0.4) is 0 Å². The Morgan fingerprint density at radius 3 is 2.33 bits per heavy atom. The van der Waals surface area contributed by atoms with E-state index in [1.807, 2.05) is 6.66 Å². The van der Waals surface area contributed by atoms with Gasteiger partial charge in [-0.05, 0) is 6.07 Å². The van der Waals surface area contributed by atoms with Gasteiger partial charge in [0.1, 0.15) is 5.75 Å². The summed E-state index contributed by atoms with van der Waals surface area (Å²) in [6.07, 6.45) is 0. The standard InChI is InChI=1S/C7H9O2P.2CH4/c1-10-7-4-5(8)2-3-6(7)9;;/h2-4,8-10H,1H3;2*1H4. The van der Waals surface area contributed by atoms with Crippen LogP contribution >= 0.6 is 8.58 Å². The molecular weight excluding hydrogens is 171 g/mol. The third-order valence-electron chi connectivity index (χ3n) is 1.30. The molecule has 1 aromatic carbocycles. The molecule has 0 aliphatic rings. The zero-order valence-corrected chi connectivity index (χ0v) is 6.82. The minimum Gasteiger partial charge on any atom is -0.870 e. The van der Waals surface area contributed by atoms with Crippen LogP contribution in [0.25, 0.3) is 0 Å². The van der Waals surface area contributed by atoms with Crippen molar-refractivity contribution < 1.29 is 10.2 Å². The average molecular weight is 188 g/mol. The average Bonchev–Trinajstić information content (AvgIpc) is 1.94. The molecular formula is C9H17O2P. The van der Waals surface area contributed by atoms with Crippen LogP contribution in [0.5, 0.6) is 11.5 Å². The quantitative estimate of drug-likeness (QED) is 0.677. The van der Waals surface area contributed by atoms with E-state index in [2.05, 4.69) is 0 Å². The minimum absolute atomic E-state index is 0. The highest BCUT2D eigenvalue weighted by Gasteiger charge is 1.96. The van der Waals surface area contributed by atoms with E-state index in [9.17, 15) is 5.11 Å². The molecule has 0 fully saturated rings. The number of phenolic OH excluding ortho intramolecular Hbond substituents is 1. The first-order chi connectivity index (χ1) is 4.74. The summed E-state index contributed by atoms with van der Waals surface area (Å²) < 4.78 is 0. The van der Waals surface area contributed by atoms with Crippen molar-refractivity contribution in [2.45, 2.75) is 14.9 Å². The van der Waals surface area contributed by atoms with Gasteiger partial charge in [0.15, 0.2) is 0 Å². The Bertz CT molecular complexity index is 236. The number of phenols is 1. The molecule has 1 N–H and O–H groups in total. The summed E-state index contributed by atoms with van der Waals surface area (Å²) in [7, 11) is 0.0106. The largest absolute Gasteiger partial charge is 0.870 e. The Morgan fingerprint density at radius 1 is 1.33 bits per heavy atom. The van der Waals surface area contributed by atoms with E-state index in [4.69, 9.17) is 5.11 Å². The molecule has 0 heterocycles. The van der Waals surface area contributed by atoms with Crippen molar-refractivity contribution in [1.82, 2.24) is 0 Å². The summed E-state index contributed by atoms with van der Waals surface area (Å²) in [6, 6.07) is 4.36. The number of aromatic hydroxyl groups is 1. The third kappa shape index (κ3) is 3.10. The highest BCUT2D eigenvalue weighted by atomic mass is 31.1. The predicted octanol–water partition coefficient (Wildman–Crippen LogP) is 1.40. The van der Waals surface area contributed by atoms with E-state index in [0.29, 0.717) is 0 Å². The number of benzene rings is 1. The van der Waals surface area contributed by atoms with E-state index in [0.717, 1.165) is 5.30 Å². The zero-order valence-electron chi connectivity index (χ0n) is 5.66. The molecule has 0 saturated heterocycles. The smallest absolute Gasteiger partial charge is 0.119 e. The van der Waals surface area contributed by atoms with Crippen LogP contribution in [0.1, 0.15) is 14.9 Å². The maximum atomic E-state index is 10.9. The summed E-state index contributed by atoms with van der Waals surface area (Å²) in [4.78, 5) is 0. The topological polar surface area (TPSA) is 43.3 Å². The fourth-order valence-electron chi connectivity index (χ4n) is 0.761. The zero-order chi connectivity index (χ0) is 7.56. The molecule has 0 saturated carbocycles. The Balaban J connectivity index is 0. The van der Waals surface area contributed by atoms with Crippen LogP contribution in [0.15, 0.2) is 18.2 Å². The molecule has 0 aromatic heterocycles. The summed E-state index contributed by atoms with van der Waals surface area (Å²) in [5.41, 5.74) is 0. The van der Waals surface area contributed by atoms with Gasteiger partial charge in [-0.1, -0.05) is 26.7 Å². The van der Waals surface area contributed by atoms with Crippen molar-refractivity contribution in [2.24, 2.45) is 0 Å². The monoisotopic (exact) mass is 188 g/mol. The first kappa shape index (κ1) is 13.8. The van der Waals surface area contributed by atoms with Crippen LogP contribution in [-0.4, -0.2) is 11.8 Å². The lowest BCUT2D eigenvalue weighted by Gasteiger charge is -2.06. The van der Waals surface area contributed by atoms with Gasteiger partial charge < -0.3 is 10.2 Å². The van der Waals surface area contributed by atoms with Gasteiger partial charge in [-0.3, -0.25) is 0 Å². The fraction of sp³-hybridized carbons (Fsp3) is 0.333. The number of hydrogen-bond donors (Lipinski definition) is 1. The SMILES string of the molecule is C.C.C[PH2+]c1cc(O)ccc1[O-]. The van der Waals surface area contributed by atoms with Crippen molar-refractivity contribution in [3.05, 3.63) is 18.2 Å². The molecule has 0 aliphatic heterocycles. The summed E-state index contributed by atoms with van der Waals surface area (Å²) in [6.45, 7) is 1.97. The summed E-state index contributed by atoms with van der Waals surface area (Å²) in [5, 5.41) is 20.6. The summed E-state index contributed by atoms with van der Waals surface area (Å²) in [5.74, 6) is 0.222. The summed E-state index contributed by atoms with van der Waals surface area (Å²) >= 11 is 0. The number of hydrogen-bond acceptors (Lipinski definition) is 2. The van der Waals surface area contributed by atoms with Gasteiger partial charge in [-0.15, -0.1) is 0 Å². The number of rotatable bonds is 1. The van der Waals surface area contributed by atoms with Crippen LogP contribution in [0, 0.1) is 0 Å². The molecule has 0 radical (unpaired) electrons. The maximum absolute atomic E-state index is 10.9. The van der Waals surface area contributed by atoms with Gasteiger partial charge in [-0.25, -0.2) is 0 Å². The van der Waals surface area contributed by atoms with Gasteiger partial charge in [0.05, 0.1) is 5.30 Å². The molecule has 1 unspecified atom stereocenters. The normalized spacial score (nSPS) is 9.08. The van der Waals surface area contributed by atoms with Crippen LogP contribution in [0.4, 0.5) is 0 Å². The Kier molecular flexibility index (Phi) is 6.73. The molecule has 0 aliphatic carbocycles. The Morgan fingerprint density at radius 2 is 1.92 bits per heavy atom. The highest BCUT2D eigenvalue weighted by molar-refractivity contribution is 7.46. The highest BCUT2D eigenvalue weighted by Crippen LogP contribution is 2.17. The molecule has 0 bridgehead atoms. The predicted molar refractivity (Wildman–Crippen MR) is 56.3 cm³/mol. The van der Waals surface area contributed by atoms with Gasteiger partial charge >= 0.3 is 0 Å². The molecule has 0 amide bonds. The lowest BCUT2D eigenvalue weighted by Crippen LogP contribution is -2.03. The van der Waals surface area contributed by atoms with Crippen molar-refractivity contribution in [1.29, 1.82) is 0 Å². The lowest BCUT2D eigenvalue weighted by atomic mass is 10.3. The van der Waals surface area contributed by atoms with E-state index < -0.39 is 0 Å². The first-order valence-corrected chi connectivity index (χ1v) is 4.76. The molecule has 1 atom stereocenters. The van der Waals surface area contributed by atoms with Crippen molar-refractivity contribution in [3.63, 3.8) is 0 Å². The van der Waals surface area contributed by atoms with E-state index in [-0.39, 0.29) is 34.9 Å². The van der Waals surface area contributed by atoms with Gasteiger partial charge in [0.2, 0.25) is 0 Å². The van der Waals surface area contributed by atoms with Crippen LogP contribution in [0.2, 0.25) is 0 Å². The van der Waals surface area contributed by atoms with Gasteiger partial charge in [0.25, 0.3) is 0 Å². The van der Waals surface area contributed by atoms with Gasteiger partial charge in [-0.2, -0.15) is 0 Å². The fourth-order valence-corrected chi connectivity index (χ4v) is 1.48. The van der Waals surface area contributed by atoms with Crippen LogP contribution in [-0.2, 0) is 0 Å². The second kappa shape index (κ2) is 5.84. The second-order valence-corrected chi connectivity index (χ2v) is 3.21. The molecule has 1 rings (SSSR count). The Labute approximate surface area is 76.0 Å². The first-order valence-electron chi connectivity index (χ1n) is 3.03. The molecule has 12 heavy (non-hydrogen) atoms. The maximum Gasteiger partial charge on any atom is 0.119 e. The molecule has 70 valence electrons. The van der Waals surface area contributed by atoms with Crippen LogP contribution < -0.4 is 10.4 Å². The molecule has 2 nitrogen and oxygen atoms in total. The molecule has 0 spiro atoms.